The molecule has 0 bridgehead atoms. The number of carbonyl (C=O) groups excluding carboxylic acids is 1. The lowest BCUT2D eigenvalue weighted by Gasteiger charge is -2.38. The second-order valence-electron chi connectivity index (χ2n) is 5.00. The third-order valence-corrected chi connectivity index (χ3v) is 3.89. The van der Waals surface area contributed by atoms with Crippen LogP contribution in [0.15, 0.2) is 17.4 Å². The van der Waals surface area contributed by atoms with E-state index in [0.717, 1.165) is 51.9 Å². The van der Waals surface area contributed by atoms with Crippen LogP contribution >= 0.6 is 0 Å². The number of likely N-dealkylation sites (tertiary alicyclic amines) is 1. The van der Waals surface area contributed by atoms with Crippen molar-refractivity contribution in [2.45, 2.75) is 19.3 Å². The third-order valence-electron chi connectivity index (χ3n) is 3.89. The van der Waals surface area contributed by atoms with Gasteiger partial charge in [0.05, 0.1) is 6.61 Å². The smallest absolute Gasteiger partial charge is 0.185 e. The summed E-state index contributed by atoms with van der Waals surface area (Å²) >= 11 is 0. The first-order valence-electron chi connectivity index (χ1n) is 6.48. The molecule has 2 aliphatic heterocycles. The highest BCUT2D eigenvalue weighted by Gasteiger charge is 2.38. The summed E-state index contributed by atoms with van der Waals surface area (Å²) in [5.74, 6) is 0.523. The highest BCUT2D eigenvalue weighted by atomic mass is 16.5. The first kappa shape index (κ1) is 13.1. The topological polar surface area (TPSA) is 53.9 Å². The Morgan fingerprint density at radius 1 is 1.39 bits per heavy atom. The molecule has 0 atom stereocenters. The molecule has 2 saturated heterocycles. The zero-order chi connectivity index (χ0) is 12.8. The minimum atomic E-state index is 0.366. The van der Waals surface area contributed by atoms with Gasteiger partial charge in [0, 0.05) is 39.1 Å². The molecule has 0 unspecified atom stereocenters. The molecule has 2 fully saturated rings. The molecule has 5 nitrogen and oxygen atoms in total. The summed E-state index contributed by atoms with van der Waals surface area (Å²) in [6.07, 6.45) is 7.51. The second kappa shape index (κ2) is 6.00. The fourth-order valence-corrected chi connectivity index (χ4v) is 2.63. The van der Waals surface area contributed by atoms with Crippen LogP contribution in [0.2, 0.25) is 0 Å². The lowest BCUT2D eigenvalue weighted by Crippen LogP contribution is -2.43. The number of hydrogen-bond acceptors (Lipinski definition) is 4. The van der Waals surface area contributed by atoms with Gasteiger partial charge in [-0.25, -0.2) is 4.99 Å². The van der Waals surface area contributed by atoms with Crippen LogP contribution in [-0.2, 0) is 9.53 Å². The van der Waals surface area contributed by atoms with Gasteiger partial charge in [0.25, 0.3) is 0 Å². The van der Waals surface area contributed by atoms with Crippen LogP contribution in [0.25, 0.3) is 0 Å². The number of carbonyl (C=O) groups is 1. The minimum absolute atomic E-state index is 0.366. The van der Waals surface area contributed by atoms with E-state index in [-0.39, 0.29) is 0 Å². The summed E-state index contributed by atoms with van der Waals surface area (Å²) in [6, 6.07) is 0. The average molecular weight is 251 g/mol. The Labute approximate surface area is 108 Å². The largest absolute Gasteiger partial charge is 0.393 e. The molecule has 1 N–H and O–H groups in total. The van der Waals surface area contributed by atoms with E-state index in [1.807, 2.05) is 0 Å². The number of nitrogens with zero attached hydrogens (tertiary/aromatic N) is 2. The quantitative estimate of drug-likeness (QED) is 0.457. The van der Waals surface area contributed by atoms with Crippen molar-refractivity contribution in [2.24, 2.45) is 10.4 Å². The fraction of sp³-hybridized carbons (Fsp3) is 0.692. The van der Waals surface area contributed by atoms with Crippen molar-refractivity contribution in [3.8, 4) is 0 Å². The van der Waals surface area contributed by atoms with E-state index in [2.05, 4.69) is 15.2 Å². The normalized spacial score (nSPS) is 23.8. The van der Waals surface area contributed by atoms with Gasteiger partial charge in [-0.2, -0.15) is 0 Å². The van der Waals surface area contributed by atoms with Gasteiger partial charge in [0.2, 0.25) is 0 Å². The molecule has 100 valence electrons. The number of piperidine rings is 1. The molecule has 2 heterocycles. The number of aliphatic imine (C=N–C) groups is 1. The molecule has 0 aromatic heterocycles. The van der Waals surface area contributed by atoms with E-state index in [1.165, 1.54) is 0 Å². The van der Waals surface area contributed by atoms with Gasteiger partial charge in [0.15, 0.2) is 12.1 Å². The molecule has 0 aromatic carbocycles. The lowest BCUT2D eigenvalue weighted by atomic mass is 9.78. The number of aldehydes is 1. The van der Waals surface area contributed by atoms with Crippen LogP contribution in [0.5, 0.6) is 0 Å². The lowest BCUT2D eigenvalue weighted by molar-refractivity contribution is -0.103. The van der Waals surface area contributed by atoms with E-state index in [9.17, 15) is 4.79 Å². The highest BCUT2D eigenvalue weighted by molar-refractivity contribution is 6.27. The summed E-state index contributed by atoms with van der Waals surface area (Å²) in [5, 5.41) is 2.85. The third kappa shape index (κ3) is 2.90. The van der Waals surface area contributed by atoms with Crippen molar-refractivity contribution in [3.63, 3.8) is 0 Å². The molecule has 2 rings (SSSR count). The standard InChI is InChI=1S/C13H21N3O2/c1-14-5-6-15-12(10-17)16-7-2-13(3-8-16)4-9-18-11-13/h5-6,10,14H,2-4,7-9,11H2,1H3/b6-5-,15-12?. The van der Waals surface area contributed by atoms with Crippen molar-refractivity contribution in [3.05, 3.63) is 12.4 Å². The summed E-state index contributed by atoms with van der Waals surface area (Å²) in [6.45, 7) is 3.57. The molecule has 2 aliphatic rings. The van der Waals surface area contributed by atoms with Crippen LogP contribution in [0, 0.1) is 5.41 Å². The molecule has 1 spiro atoms. The number of hydrogen-bond donors (Lipinski definition) is 1. The van der Waals surface area contributed by atoms with Crippen LogP contribution < -0.4 is 5.32 Å². The van der Waals surface area contributed by atoms with Crippen LogP contribution in [0.3, 0.4) is 0 Å². The molecular weight excluding hydrogens is 230 g/mol. The minimum Gasteiger partial charge on any atom is -0.393 e. The number of ether oxygens (including phenoxy) is 1. The average Bonchev–Trinajstić information content (AvgIpc) is 2.85. The van der Waals surface area contributed by atoms with E-state index >= 15 is 0 Å². The molecule has 0 aromatic rings. The van der Waals surface area contributed by atoms with Crippen molar-refractivity contribution in [1.29, 1.82) is 0 Å². The summed E-state index contributed by atoms with van der Waals surface area (Å²) in [7, 11) is 1.80. The Kier molecular flexibility index (Phi) is 4.36. The van der Waals surface area contributed by atoms with E-state index in [4.69, 9.17) is 4.74 Å². The Balaban J connectivity index is 1.93. The van der Waals surface area contributed by atoms with Gasteiger partial charge in [-0.05, 0) is 24.7 Å². The molecule has 0 saturated carbocycles. The zero-order valence-corrected chi connectivity index (χ0v) is 10.9. The van der Waals surface area contributed by atoms with Gasteiger partial charge in [-0.3, -0.25) is 4.79 Å². The van der Waals surface area contributed by atoms with Gasteiger partial charge in [-0.1, -0.05) is 0 Å². The van der Waals surface area contributed by atoms with Gasteiger partial charge >= 0.3 is 0 Å². The number of nitrogens with one attached hydrogen (secondary N) is 1. The Morgan fingerprint density at radius 2 is 2.17 bits per heavy atom. The summed E-state index contributed by atoms with van der Waals surface area (Å²) in [4.78, 5) is 17.3. The van der Waals surface area contributed by atoms with Crippen molar-refractivity contribution >= 4 is 12.1 Å². The summed E-state index contributed by atoms with van der Waals surface area (Å²) < 4.78 is 5.50. The van der Waals surface area contributed by atoms with E-state index in [1.54, 1.807) is 19.4 Å². The van der Waals surface area contributed by atoms with Crippen molar-refractivity contribution in [1.82, 2.24) is 10.2 Å². The van der Waals surface area contributed by atoms with Crippen molar-refractivity contribution in [2.75, 3.05) is 33.4 Å². The summed E-state index contributed by atoms with van der Waals surface area (Å²) in [5.41, 5.74) is 0.366. The molecular formula is C13H21N3O2. The monoisotopic (exact) mass is 251 g/mol. The fourth-order valence-electron chi connectivity index (χ4n) is 2.63. The van der Waals surface area contributed by atoms with Crippen molar-refractivity contribution < 1.29 is 9.53 Å². The predicted molar refractivity (Wildman–Crippen MR) is 70.4 cm³/mol. The van der Waals surface area contributed by atoms with Gasteiger partial charge in [0.1, 0.15) is 0 Å². The molecule has 5 heteroatoms. The Morgan fingerprint density at radius 3 is 2.72 bits per heavy atom. The number of rotatable bonds is 3. The SMILES string of the molecule is CN/C=C\N=C(C=O)N1CCC2(CCOC2)CC1. The highest BCUT2D eigenvalue weighted by Crippen LogP contribution is 2.38. The first-order valence-corrected chi connectivity index (χ1v) is 6.48. The molecule has 0 aliphatic carbocycles. The maximum atomic E-state index is 11.1. The predicted octanol–water partition coefficient (Wildman–Crippen LogP) is 0.777. The second-order valence-corrected chi connectivity index (χ2v) is 5.00. The van der Waals surface area contributed by atoms with Gasteiger partial charge < -0.3 is 15.0 Å². The maximum absolute atomic E-state index is 11.1. The Hall–Kier alpha value is -1.36. The maximum Gasteiger partial charge on any atom is 0.185 e. The molecule has 0 amide bonds. The van der Waals surface area contributed by atoms with Gasteiger partial charge in [-0.15, -0.1) is 0 Å². The van der Waals surface area contributed by atoms with Crippen LogP contribution in [0.4, 0.5) is 0 Å². The zero-order valence-electron chi connectivity index (χ0n) is 10.9. The number of amidine groups is 1. The molecule has 18 heavy (non-hydrogen) atoms. The van der Waals surface area contributed by atoms with E-state index in [0.29, 0.717) is 11.3 Å². The Bertz CT molecular complexity index is 336. The molecule has 0 radical (unpaired) electrons. The van der Waals surface area contributed by atoms with Crippen LogP contribution in [0.1, 0.15) is 19.3 Å². The van der Waals surface area contributed by atoms with Crippen LogP contribution in [-0.4, -0.2) is 50.4 Å². The first-order chi connectivity index (χ1) is 8.79. The van der Waals surface area contributed by atoms with E-state index < -0.39 is 0 Å².